The van der Waals surface area contributed by atoms with E-state index in [1.54, 1.807) is 18.2 Å². The van der Waals surface area contributed by atoms with Crippen LogP contribution in [0.25, 0.3) is 16.6 Å². The van der Waals surface area contributed by atoms with Gasteiger partial charge in [-0.05, 0) is 36.1 Å². The van der Waals surface area contributed by atoms with E-state index in [1.807, 2.05) is 32.0 Å². The van der Waals surface area contributed by atoms with Gasteiger partial charge in [0.15, 0.2) is 0 Å². The number of hydrogen-bond acceptors (Lipinski definition) is 3. The van der Waals surface area contributed by atoms with E-state index in [-0.39, 0.29) is 5.56 Å². The standard InChI is InChI=1S/C18H19N3O2/c1-3-11-7-5-8-12(4-2)16(11)21-17(22)13-9-6-10-14(19)15(13)20-18(21)23/h5-10H,3-4,19H2,1-2H3,(H,20,23). The van der Waals surface area contributed by atoms with Crippen LogP contribution in [0.3, 0.4) is 0 Å². The number of nitrogen functional groups attached to an aromatic ring is 1. The minimum atomic E-state index is -0.462. The van der Waals surface area contributed by atoms with E-state index in [4.69, 9.17) is 5.73 Å². The molecule has 0 aliphatic carbocycles. The Labute approximate surface area is 133 Å². The van der Waals surface area contributed by atoms with Crippen LogP contribution >= 0.6 is 0 Å². The summed E-state index contributed by atoms with van der Waals surface area (Å²) < 4.78 is 1.24. The zero-order valence-corrected chi connectivity index (χ0v) is 13.2. The first-order chi connectivity index (χ1) is 11.1. The summed E-state index contributed by atoms with van der Waals surface area (Å²) in [6.45, 7) is 4.02. The smallest absolute Gasteiger partial charge is 0.333 e. The number of anilines is 1. The van der Waals surface area contributed by atoms with Gasteiger partial charge in [0.1, 0.15) is 0 Å². The first-order valence-corrected chi connectivity index (χ1v) is 7.73. The third-order valence-corrected chi connectivity index (χ3v) is 4.15. The van der Waals surface area contributed by atoms with Gasteiger partial charge in [-0.25, -0.2) is 9.36 Å². The van der Waals surface area contributed by atoms with E-state index in [2.05, 4.69) is 4.98 Å². The number of H-pyrrole nitrogens is 1. The lowest BCUT2D eigenvalue weighted by atomic mass is 10.0. The van der Waals surface area contributed by atoms with E-state index in [1.165, 1.54) is 4.57 Å². The predicted molar refractivity (Wildman–Crippen MR) is 93.3 cm³/mol. The van der Waals surface area contributed by atoms with Crippen LogP contribution in [0.4, 0.5) is 5.69 Å². The second kappa shape index (κ2) is 5.76. The van der Waals surface area contributed by atoms with Gasteiger partial charge in [-0.1, -0.05) is 38.1 Å². The molecule has 0 saturated heterocycles. The van der Waals surface area contributed by atoms with Crippen molar-refractivity contribution in [2.24, 2.45) is 0 Å². The van der Waals surface area contributed by atoms with E-state index < -0.39 is 5.69 Å². The molecule has 0 unspecified atom stereocenters. The van der Waals surface area contributed by atoms with Gasteiger partial charge in [0, 0.05) is 0 Å². The molecule has 1 heterocycles. The molecule has 3 rings (SSSR count). The fourth-order valence-electron chi connectivity index (χ4n) is 2.97. The Kier molecular flexibility index (Phi) is 3.78. The molecular weight excluding hydrogens is 290 g/mol. The lowest BCUT2D eigenvalue weighted by Gasteiger charge is -2.15. The maximum atomic E-state index is 12.9. The lowest BCUT2D eigenvalue weighted by Crippen LogP contribution is -2.35. The third kappa shape index (κ3) is 2.34. The zero-order valence-electron chi connectivity index (χ0n) is 13.2. The molecule has 3 aromatic rings. The third-order valence-electron chi connectivity index (χ3n) is 4.15. The summed E-state index contributed by atoms with van der Waals surface area (Å²) in [4.78, 5) is 28.3. The molecule has 0 radical (unpaired) electrons. The molecule has 5 heteroatoms. The Balaban J connectivity index is 2.48. The Hall–Kier alpha value is -2.82. The summed E-state index contributed by atoms with van der Waals surface area (Å²) >= 11 is 0. The molecule has 23 heavy (non-hydrogen) atoms. The Morgan fingerprint density at radius 1 is 1.00 bits per heavy atom. The normalized spacial score (nSPS) is 11.0. The number of nitrogens with two attached hydrogens (primary N) is 1. The van der Waals surface area contributed by atoms with Crippen molar-refractivity contribution < 1.29 is 0 Å². The minimum Gasteiger partial charge on any atom is -0.397 e. The monoisotopic (exact) mass is 309 g/mol. The first-order valence-electron chi connectivity index (χ1n) is 7.73. The molecule has 2 aromatic carbocycles. The van der Waals surface area contributed by atoms with E-state index in [0.717, 1.165) is 24.0 Å². The summed E-state index contributed by atoms with van der Waals surface area (Å²) in [6.07, 6.45) is 1.48. The van der Waals surface area contributed by atoms with Crippen LogP contribution in [-0.2, 0) is 12.8 Å². The summed E-state index contributed by atoms with van der Waals surface area (Å²) in [7, 11) is 0. The second-order valence-corrected chi connectivity index (χ2v) is 5.47. The zero-order chi connectivity index (χ0) is 16.6. The highest BCUT2D eigenvalue weighted by Crippen LogP contribution is 2.20. The summed E-state index contributed by atoms with van der Waals surface area (Å²) in [5, 5.41) is 0.414. The van der Waals surface area contributed by atoms with Crippen molar-refractivity contribution in [1.82, 2.24) is 9.55 Å². The number of aromatic amines is 1. The van der Waals surface area contributed by atoms with Gasteiger partial charge in [-0.15, -0.1) is 0 Å². The topological polar surface area (TPSA) is 80.9 Å². The molecule has 0 saturated carbocycles. The number of aryl methyl sites for hydroxylation is 2. The van der Waals surface area contributed by atoms with Crippen LogP contribution in [0, 0.1) is 0 Å². The number of benzene rings is 2. The van der Waals surface area contributed by atoms with Crippen LogP contribution in [0.2, 0.25) is 0 Å². The van der Waals surface area contributed by atoms with E-state index in [9.17, 15) is 9.59 Å². The Morgan fingerprint density at radius 3 is 2.22 bits per heavy atom. The molecule has 5 nitrogen and oxygen atoms in total. The minimum absolute atomic E-state index is 0.341. The highest BCUT2D eigenvalue weighted by Gasteiger charge is 2.16. The van der Waals surface area contributed by atoms with Crippen LogP contribution in [0.1, 0.15) is 25.0 Å². The lowest BCUT2D eigenvalue weighted by molar-refractivity contribution is 0.865. The van der Waals surface area contributed by atoms with E-state index in [0.29, 0.717) is 22.3 Å². The predicted octanol–water partition coefficient (Wildman–Crippen LogP) is 2.39. The molecule has 0 aliphatic heterocycles. The van der Waals surface area contributed by atoms with Gasteiger partial charge in [-0.2, -0.15) is 0 Å². The molecule has 118 valence electrons. The first kappa shape index (κ1) is 15.1. The molecule has 0 atom stereocenters. The van der Waals surface area contributed by atoms with Crippen molar-refractivity contribution in [2.75, 3.05) is 5.73 Å². The van der Waals surface area contributed by atoms with Crippen LogP contribution in [-0.4, -0.2) is 9.55 Å². The summed E-state index contributed by atoms with van der Waals surface area (Å²) in [5.41, 5.74) is 8.49. The van der Waals surface area contributed by atoms with Crippen LogP contribution in [0.5, 0.6) is 0 Å². The molecule has 0 amide bonds. The number of para-hydroxylation sites is 2. The van der Waals surface area contributed by atoms with Crippen molar-refractivity contribution in [3.05, 3.63) is 68.4 Å². The maximum absolute atomic E-state index is 12.9. The Bertz CT molecular complexity index is 977. The molecule has 0 bridgehead atoms. The van der Waals surface area contributed by atoms with Gasteiger partial charge >= 0.3 is 5.69 Å². The number of fused-ring (bicyclic) bond motifs is 1. The number of nitrogens with zero attached hydrogens (tertiary/aromatic N) is 1. The van der Waals surface area contributed by atoms with Crippen molar-refractivity contribution in [3.8, 4) is 5.69 Å². The average molecular weight is 309 g/mol. The fraction of sp³-hybridized carbons (Fsp3) is 0.222. The fourth-order valence-corrected chi connectivity index (χ4v) is 2.97. The Morgan fingerprint density at radius 2 is 1.61 bits per heavy atom. The SMILES string of the molecule is CCc1cccc(CC)c1-n1c(=O)[nH]c2c(N)cccc2c1=O. The van der Waals surface area contributed by atoms with Gasteiger partial charge in [-0.3, -0.25) is 4.79 Å². The van der Waals surface area contributed by atoms with Gasteiger partial charge < -0.3 is 10.7 Å². The van der Waals surface area contributed by atoms with Crippen molar-refractivity contribution >= 4 is 16.6 Å². The van der Waals surface area contributed by atoms with Gasteiger partial charge in [0.25, 0.3) is 5.56 Å². The highest BCUT2D eigenvalue weighted by atomic mass is 16.2. The van der Waals surface area contributed by atoms with Crippen LogP contribution in [0.15, 0.2) is 46.0 Å². The highest BCUT2D eigenvalue weighted by molar-refractivity contribution is 5.88. The summed E-state index contributed by atoms with van der Waals surface area (Å²) in [5.74, 6) is 0. The average Bonchev–Trinajstić information content (AvgIpc) is 2.56. The molecule has 1 aromatic heterocycles. The molecule has 0 spiro atoms. The molecule has 3 N–H and O–H groups in total. The van der Waals surface area contributed by atoms with Gasteiger partial charge in [0.2, 0.25) is 0 Å². The largest absolute Gasteiger partial charge is 0.397 e. The van der Waals surface area contributed by atoms with E-state index >= 15 is 0 Å². The van der Waals surface area contributed by atoms with Crippen LogP contribution < -0.4 is 17.0 Å². The van der Waals surface area contributed by atoms with Crippen molar-refractivity contribution in [1.29, 1.82) is 0 Å². The number of aromatic nitrogens is 2. The molecular formula is C18H19N3O2. The molecule has 0 fully saturated rings. The van der Waals surface area contributed by atoms with Gasteiger partial charge in [0.05, 0.1) is 22.3 Å². The number of rotatable bonds is 3. The molecule has 0 aliphatic rings. The maximum Gasteiger partial charge on any atom is 0.333 e. The van der Waals surface area contributed by atoms with Crippen molar-refractivity contribution in [3.63, 3.8) is 0 Å². The van der Waals surface area contributed by atoms with Crippen molar-refractivity contribution in [2.45, 2.75) is 26.7 Å². The summed E-state index contributed by atoms with van der Waals surface area (Å²) in [6, 6.07) is 10.9. The number of nitrogens with one attached hydrogen (secondary N) is 1. The second-order valence-electron chi connectivity index (χ2n) is 5.47. The number of hydrogen-bond donors (Lipinski definition) is 2. The quantitative estimate of drug-likeness (QED) is 0.729.